The Balaban J connectivity index is 1.47. The minimum Gasteiger partial charge on any atom is -0.324 e. The zero-order chi connectivity index (χ0) is 24.5. The van der Waals surface area contributed by atoms with Crippen molar-refractivity contribution in [1.82, 2.24) is 9.78 Å². The first-order chi connectivity index (χ1) is 17.7. The number of aromatic nitrogens is 2. The number of carbonyl (C=O) groups is 2. The number of benzene rings is 4. The molecule has 0 saturated heterocycles. The Hall–Kier alpha value is -4.97. The van der Waals surface area contributed by atoms with E-state index in [9.17, 15) is 9.59 Å². The minimum atomic E-state index is -0.939. The molecule has 174 valence electrons. The predicted octanol–water partition coefficient (Wildman–Crippen LogP) is 5.65. The lowest BCUT2D eigenvalue weighted by Crippen LogP contribution is -2.40. The Morgan fingerprint density at radius 1 is 0.778 bits per heavy atom. The number of anilines is 2. The molecule has 1 aliphatic heterocycles. The molecule has 6 heteroatoms. The van der Waals surface area contributed by atoms with Gasteiger partial charge < -0.3 is 5.32 Å². The van der Waals surface area contributed by atoms with Gasteiger partial charge in [0.25, 0.3) is 11.8 Å². The maximum Gasteiger partial charge on any atom is 0.254 e. The summed E-state index contributed by atoms with van der Waals surface area (Å²) in [6.07, 6.45) is 3.20. The van der Waals surface area contributed by atoms with Crippen LogP contribution in [0, 0.1) is 0 Å². The van der Waals surface area contributed by atoms with Gasteiger partial charge in [-0.15, -0.1) is 0 Å². The van der Waals surface area contributed by atoms with Crippen LogP contribution in [0.15, 0.2) is 121 Å². The van der Waals surface area contributed by atoms with Crippen LogP contribution in [0.2, 0.25) is 0 Å². The summed E-state index contributed by atoms with van der Waals surface area (Å²) in [5, 5.41) is 9.65. The topological polar surface area (TPSA) is 67.2 Å². The molecule has 0 bridgehead atoms. The highest BCUT2D eigenvalue weighted by atomic mass is 16.2. The Bertz CT molecular complexity index is 1610. The molecule has 1 aliphatic rings. The van der Waals surface area contributed by atoms with Crippen molar-refractivity contribution in [2.75, 3.05) is 10.2 Å². The van der Waals surface area contributed by atoms with Crippen LogP contribution in [-0.2, 0) is 9.59 Å². The fourth-order valence-corrected chi connectivity index (χ4v) is 4.64. The highest BCUT2D eigenvalue weighted by Crippen LogP contribution is 2.34. The molecule has 1 N–H and O–H groups in total. The summed E-state index contributed by atoms with van der Waals surface area (Å²) >= 11 is 0. The van der Waals surface area contributed by atoms with Crippen molar-refractivity contribution in [2.24, 2.45) is 0 Å². The lowest BCUT2D eigenvalue weighted by Gasteiger charge is -2.29. The molecule has 0 spiro atoms. The molecule has 0 radical (unpaired) electrons. The highest BCUT2D eigenvalue weighted by Gasteiger charge is 2.37. The van der Waals surface area contributed by atoms with Crippen LogP contribution >= 0.6 is 0 Å². The molecule has 0 aliphatic carbocycles. The summed E-state index contributed by atoms with van der Waals surface area (Å²) in [5.41, 5.74) is 3.32. The number of nitrogens with one attached hydrogen (secondary N) is 1. The molecule has 0 saturated carbocycles. The average molecular weight is 471 g/mol. The van der Waals surface area contributed by atoms with E-state index in [-0.39, 0.29) is 11.8 Å². The van der Waals surface area contributed by atoms with E-state index in [0.717, 1.165) is 16.3 Å². The molecule has 6 rings (SSSR count). The molecule has 1 unspecified atom stereocenters. The largest absolute Gasteiger partial charge is 0.324 e. The van der Waals surface area contributed by atoms with Crippen LogP contribution in [0.25, 0.3) is 16.5 Å². The third-order valence-electron chi connectivity index (χ3n) is 6.31. The van der Waals surface area contributed by atoms with Gasteiger partial charge in [0.1, 0.15) is 0 Å². The molecule has 36 heavy (non-hydrogen) atoms. The van der Waals surface area contributed by atoms with Crippen molar-refractivity contribution < 1.29 is 9.59 Å². The van der Waals surface area contributed by atoms with E-state index in [1.54, 1.807) is 23.0 Å². The molecular formula is C30H22N4O2. The smallest absolute Gasteiger partial charge is 0.254 e. The molecule has 2 amide bonds. The zero-order valence-corrected chi connectivity index (χ0v) is 19.3. The molecular weight excluding hydrogens is 448 g/mol. The molecule has 4 aromatic carbocycles. The normalized spacial score (nSPS) is 15.2. The number of rotatable bonds is 4. The van der Waals surface area contributed by atoms with Crippen LogP contribution in [-0.4, -0.2) is 21.6 Å². The second-order valence-electron chi connectivity index (χ2n) is 8.56. The summed E-state index contributed by atoms with van der Waals surface area (Å²) in [4.78, 5) is 29.2. The van der Waals surface area contributed by atoms with E-state index in [0.29, 0.717) is 22.8 Å². The van der Waals surface area contributed by atoms with Gasteiger partial charge >= 0.3 is 0 Å². The standard InChI is InChI=1S/C30H22N4O2/c35-28-20-27(22-10-3-1-4-11-22)34-26(17-18-31-34)29(33(28)25-13-5-2-6-14-25)30(36)32-24-16-15-21-9-7-8-12-23(21)19-24/h1-20,29H,(H,32,36). The van der Waals surface area contributed by atoms with E-state index in [1.807, 2.05) is 103 Å². The lowest BCUT2D eigenvalue weighted by atomic mass is 10.1. The van der Waals surface area contributed by atoms with Gasteiger partial charge in [0.05, 0.1) is 11.4 Å². The maximum absolute atomic E-state index is 13.9. The number of fused-ring (bicyclic) bond motifs is 2. The number of amides is 2. The molecule has 1 atom stereocenters. The maximum atomic E-state index is 13.9. The van der Waals surface area contributed by atoms with Gasteiger partial charge in [-0.25, -0.2) is 4.68 Å². The summed E-state index contributed by atoms with van der Waals surface area (Å²) in [7, 11) is 0. The number of carbonyl (C=O) groups excluding carboxylic acids is 2. The Labute approximate surface area is 208 Å². The predicted molar refractivity (Wildman–Crippen MR) is 141 cm³/mol. The zero-order valence-electron chi connectivity index (χ0n) is 19.3. The number of nitrogens with zero attached hydrogens (tertiary/aromatic N) is 3. The third-order valence-corrected chi connectivity index (χ3v) is 6.31. The second kappa shape index (κ2) is 9.00. The summed E-state index contributed by atoms with van der Waals surface area (Å²) in [6.45, 7) is 0. The minimum absolute atomic E-state index is 0.302. The Morgan fingerprint density at radius 2 is 1.47 bits per heavy atom. The van der Waals surface area contributed by atoms with Crippen molar-refractivity contribution in [3.8, 4) is 0 Å². The third kappa shape index (κ3) is 3.84. The van der Waals surface area contributed by atoms with Gasteiger partial charge in [0, 0.05) is 29.2 Å². The van der Waals surface area contributed by atoms with Crippen LogP contribution in [0.4, 0.5) is 11.4 Å². The number of hydrogen-bond acceptors (Lipinski definition) is 3. The van der Waals surface area contributed by atoms with Gasteiger partial charge in [-0.05, 0) is 41.1 Å². The summed E-state index contributed by atoms with van der Waals surface area (Å²) in [5.74, 6) is -0.629. The highest BCUT2D eigenvalue weighted by molar-refractivity contribution is 6.12. The SMILES string of the molecule is O=C(Nc1ccc2ccccc2c1)C1c2ccnn2C(c2ccccc2)=CC(=O)N1c1ccccc1. The van der Waals surface area contributed by atoms with Crippen LogP contribution in [0.3, 0.4) is 0 Å². The number of para-hydroxylation sites is 1. The van der Waals surface area contributed by atoms with Crippen molar-refractivity contribution in [3.05, 3.63) is 133 Å². The van der Waals surface area contributed by atoms with Crippen molar-refractivity contribution in [2.45, 2.75) is 6.04 Å². The average Bonchev–Trinajstić information content (AvgIpc) is 3.35. The van der Waals surface area contributed by atoms with Gasteiger partial charge in [-0.1, -0.05) is 78.9 Å². The summed E-state index contributed by atoms with van der Waals surface area (Å²) in [6, 6.07) is 33.4. The molecule has 6 nitrogen and oxygen atoms in total. The fraction of sp³-hybridized carbons (Fsp3) is 0.0333. The first-order valence-corrected chi connectivity index (χ1v) is 11.7. The molecule has 2 heterocycles. The van der Waals surface area contributed by atoms with Crippen LogP contribution in [0.1, 0.15) is 17.3 Å². The van der Waals surface area contributed by atoms with Crippen LogP contribution < -0.4 is 10.2 Å². The van der Waals surface area contributed by atoms with E-state index in [2.05, 4.69) is 10.4 Å². The second-order valence-corrected chi connectivity index (χ2v) is 8.56. The van der Waals surface area contributed by atoms with Gasteiger partial charge in [-0.3, -0.25) is 14.5 Å². The first kappa shape index (κ1) is 21.6. The van der Waals surface area contributed by atoms with E-state index >= 15 is 0 Å². The van der Waals surface area contributed by atoms with Crippen molar-refractivity contribution in [3.63, 3.8) is 0 Å². The lowest BCUT2D eigenvalue weighted by molar-refractivity contribution is -0.121. The van der Waals surface area contributed by atoms with Crippen molar-refractivity contribution in [1.29, 1.82) is 0 Å². The Kier molecular flexibility index (Phi) is 5.39. The molecule has 0 fully saturated rings. The first-order valence-electron chi connectivity index (χ1n) is 11.7. The van der Waals surface area contributed by atoms with Gasteiger partial charge in [0.15, 0.2) is 6.04 Å². The van der Waals surface area contributed by atoms with Crippen LogP contribution in [0.5, 0.6) is 0 Å². The summed E-state index contributed by atoms with van der Waals surface area (Å²) < 4.78 is 1.68. The van der Waals surface area contributed by atoms with Gasteiger partial charge in [0.2, 0.25) is 0 Å². The quantitative estimate of drug-likeness (QED) is 0.369. The number of hydrogen-bond donors (Lipinski definition) is 1. The van der Waals surface area contributed by atoms with E-state index in [4.69, 9.17) is 0 Å². The van der Waals surface area contributed by atoms with E-state index < -0.39 is 6.04 Å². The molecule has 5 aromatic rings. The van der Waals surface area contributed by atoms with Gasteiger partial charge in [-0.2, -0.15) is 5.10 Å². The monoisotopic (exact) mass is 470 g/mol. The fourth-order valence-electron chi connectivity index (χ4n) is 4.64. The Morgan fingerprint density at radius 3 is 2.25 bits per heavy atom. The van der Waals surface area contributed by atoms with Crippen molar-refractivity contribution >= 4 is 39.7 Å². The van der Waals surface area contributed by atoms with E-state index in [1.165, 1.54) is 4.90 Å². The molecule has 1 aromatic heterocycles.